The zero-order valence-corrected chi connectivity index (χ0v) is 21.5. The Morgan fingerprint density at radius 3 is 2.14 bits per heavy atom. The zero-order chi connectivity index (χ0) is 25.8. The van der Waals surface area contributed by atoms with Gasteiger partial charge < -0.3 is 15.2 Å². The number of aryl methyl sites for hydroxylation is 4. The van der Waals surface area contributed by atoms with Crippen LogP contribution in [-0.2, 0) is 6.61 Å². The molecule has 0 saturated carbocycles. The van der Waals surface area contributed by atoms with Gasteiger partial charge in [-0.05, 0) is 74.6 Å². The van der Waals surface area contributed by atoms with E-state index in [9.17, 15) is 5.26 Å². The molecule has 0 unspecified atom stereocenters. The summed E-state index contributed by atoms with van der Waals surface area (Å²) in [7, 11) is 0. The summed E-state index contributed by atoms with van der Waals surface area (Å²) >= 11 is 0. The van der Waals surface area contributed by atoms with E-state index >= 15 is 0 Å². The van der Waals surface area contributed by atoms with E-state index in [2.05, 4.69) is 44.0 Å². The molecule has 0 fully saturated rings. The van der Waals surface area contributed by atoms with E-state index in [0.717, 1.165) is 27.8 Å². The average molecular weight is 478 g/mol. The third-order valence-electron chi connectivity index (χ3n) is 6.33. The van der Waals surface area contributed by atoms with Gasteiger partial charge in [-0.3, -0.25) is 0 Å². The molecule has 3 aromatic carbocycles. The second-order valence-corrected chi connectivity index (χ2v) is 9.05. The first-order valence-electron chi connectivity index (χ1n) is 12.0. The van der Waals surface area contributed by atoms with Crippen LogP contribution in [-0.4, -0.2) is 11.6 Å². The maximum Gasteiger partial charge on any atom is 0.161 e. The van der Waals surface area contributed by atoms with Gasteiger partial charge >= 0.3 is 0 Å². The first kappa shape index (κ1) is 24.8. The number of ether oxygens (including phenoxy) is 2. The van der Waals surface area contributed by atoms with Crippen molar-refractivity contribution in [1.29, 1.82) is 5.26 Å². The smallest absolute Gasteiger partial charge is 0.161 e. The number of aromatic nitrogens is 1. The van der Waals surface area contributed by atoms with Crippen molar-refractivity contribution in [2.45, 2.75) is 41.2 Å². The molecule has 0 amide bonds. The molecule has 1 heterocycles. The molecule has 0 aliphatic carbocycles. The van der Waals surface area contributed by atoms with Crippen LogP contribution in [0, 0.1) is 39.0 Å². The molecule has 4 aromatic rings. The van der Waals surface area contributed by atoms with E-state index in [1.807, 2.05) is 56.3 Å². The molecule has 36 heavy (non-hydrogen) atoms. The Balaban J connectivity index is 1.78. The zero-order valence-electron chi connectivity index (χ0n) is 21.5. The number of nitrogens with two attached hydrogens (primary N) is 1. The molecule has 0 aliphatic rings. The number of hydrogen-bond donors (Lipinski definition) is 1. The van der Waals surface area contributed by atoms with Crippen molar-refractivity contribution < 1.29 is 9.47 Å². The number of rotatable bonds is 7. The minimum atomic E-state index is 0.201. The van der Waals surface area contributed by atoms with Crippen molar-refractivity contribution in [3.63, 3.8) is 0 Å². The van der Waals surface area contributed by atoms with Gasteiger partial charge in [0, 0.05) is 17.3 Å². The number of nitriles is 1. The van der Waals surface area contributed by atoms with E-state index in [1.54, 1.807) is 6.20 Å². The van der Waals surface area contributed by atoms with Crippen LogP contribution in [0.2, 0.25) is 0 Å². The van der Waals surface area contributed by atoms with E-state index in [-0.39, 0.29) is 5.82 Å². The topological polar surface area (TPSA) is 81.2 Å². The van der Waals surface area contributed by atoms with Crippen LogP contribution in [0.3, 0.4) is 0 Å². The molecule has 5 nitrogen and oxygen atoms in total. The van der Waals surface area contributed by atoms with Crippen LogP contribution in [0.5, 0.6) is 11.5 Å². The number of nitrogens with zero attached hydrogens (tertiary/aromatic N) is 2. The molecule has 0 spiro atoms. The highest BCUT2D eigenvalue weighted by Gasteiger charge is 2.19. The molecule has 0 atom stereocenters. The lowest BCUT2D eigenvalue weighted by Crippen LogP contribution is -2.04. The van der Waals surface area contributed by atoms with Gasteiger partial charge in [-0.25, -0.2) is 4.98 Å². The molecule has 4 rings (SSSR count). The second-order valence-electron chi connectivity index (χ2n) is 9.05. The van der Waals surface area contributed by atoms with Gasteiger partial charge in [0.1, 0.15) is 24.1 Å². The van der Waals surface area contributed by atoms with Gasteiger partial charge in [0.25, 0.3) is 0 Å². The van der Waals surface area contributed by atoms with Gasteiger partial charge in [0.05, 0.1) is 6.61 Å². The molecule has 182 valence electrons. The number of hydrogen-bond acceptors (Lipinski definition) is 5. The molecular formula is C31H31N3O2. The van der Waals surface area contributed by atoms with Crippen molar-refractivity contribution in [1.82, 2.24) is 4.98 Å². The predicted molar refractivity (Wildman–Crippen MR) is 145 cm³/mol. The van der Waals surface area contributed by atoms with E-state index in [0.29, 0.717) is 30.3 Å². The maximum atomic E-state index is 9.96. The normalized spacial score (nSPS) is 10.7. The van der Waals surface area contributed by atoms with Crippen molar-refractivity contribution in [3.8, 4) is 39.8 Å². The van der Waals surface area contributed by atoms with E-state index in [4.69, 9.17) is 15.2 Å². The summed E-state index contributed by atoms with van der Waals surface area (Å²) in [6.07, 6.45) is 1.73. The lowest BCUT2D eigenvalue weighted by molar-refractivity contribution is 0.268. The standard InChI is InChI=1S/C31H31N3O2/c1-6-35-29-15-24(11-12-28(29)36-18-27-21(4)13-20(3)14-22(27)5)30-25(16-32)31(33)34-17-26(30)23-9-7-19(2)8-10-23/h7-15,17H,6,18H2,1-5H3,(H2,33,34). The summed E-state index contributed by atoms with van der Waals surface area (Å²) in [6, 6.07) is 20.5. The van der Waals surface area contributed by atoms with Gasteiger partial charge in [0.15, 0.2) is 11.5 Å². The van der Waals surface area contributed by atoms with Crippen LogP contribution in [0.15, 0.2) is 60.8 Å². The number of nitrogen functional groups attached to an aromatic ring is 1. The minimum Gasteiger partial charge on any atom is -0.490 e. The maximum absolute atomic E-state index is 9.96. The third kappa shape index (κ3) is 5.04. The highest BCUT2D eigenvalue weighted by atomic mass is 16.5. The molecule has 0 saturated heterocycles. The quantitative estimate of drug-likeness (QED) is 0.307. The summed E-state index contributed by atoms with van der Waals surface area (Å²) in [5.41, 5.74) is 15.8. The lowest BCUT2D eigenvalue weighted by Gasteiger charge is -2.18. The lowest BCUT2D eigenvalue weighted by atomic mass is 9.92. The molecule has 2 N–H and O–H groups in total. The summed E-state index contributed by atoms with van der Waals surface area (Å²) in [6.45, 7) is 11.2. The average Bonchev–Trinajstić information content (AvgIpc) is 2.84. The molecule has 1 aromatic heterocycles. The summed E-state index contributed by atoms with van der Waals surface area (Å²) < 4.78 is 12.2. The summed E-state index contributed by atoms with van der Waals surface area (Å²) in [5.74, 6) is 1.47. The fourth-order valence-corrected chi connectivity index (χ4v) is 4.53. The Hall–Kier alpha value is -4.30. The summed E-state index contributed by atoms with van der Waals surface area (Å²) in [4.78, 5) is 4.30. The highest BCUT2D eigenvalue weighted by molar-refractivity contribution is 5.90. The predicted octanol–water partition coefficient (Wildman–Crippen LogP) is 7.08. The van der Waals surface area contributed by atoms with Crippen LogP contribution >= 0.6 is 0 Å². The molecule has 0 radical (unpaired) electrons. The Bertz CT molecular complexity index is 1430. The fraction of sp³-hybridized carbons (Fsp3) is 0.226. The van der Waals surface area contributed by atoms with Gasteiger partial charge in [-0.2, -0.15) is 5.26 Å². The van der Waals surface area contributed by atoms with Gasteiger partial charge in [0.2, 0.25) is 0 Å². The van der Waals surface area contributed by atoms with E-state index < -0.39 is 0 Å². The minimum absolute atomic E-state index is 0.201. The van der Waals surface area contributed by atoms with Crippen LogP contribution in [0.4, 0.5) is 5.82 Å². The SMILES string of the molecule is CCOc1cc(-c2c(-c3ccc(C)cc3)cnc(N)c2C#N)ccc1OCc1c(C)cc(C)cc1C. The van der Waals surface area contributed by atoms with E-state index in [1.165, 1.54) is 22.3 Å². The number of benzene rings is 3. The van der Waals surface area contributed by atoms with Gasteiger partial charge in [-0.1, -0.05) is 53.6 Å². The van der Waals surface area contributed by atoms with Gasteiger partial charge in [-0.15, -0.1) is 0 Å². The van der Waals surface area contributed by atoms with Crippen LogP contribution in [0.1, 0.15) is 40.3 Å². The largest absolute Gasteiger partial charge is 0.490 e. The van der Waals surface area contributed by atoms with Crippen molar-refractivity contribution in [3.05, 3.63) is 94.2 Å². The second kappa shape index (κ2) is 10.5. The van der Waals surface area contributed by atoms with Crippen LogP contribution < -0.4 is 15.2 Å². The molecule has 5 heteroatoms. The molecule has 0 aliphatic heterocycles. The van der Waals surface area contributed by atoms with Crippen molar-refractivity contribution in [2.24, 2.45) is 0 Å². The Morgan fingerprint density at radius 2 is 1.50 bits per heavy atom. The monoisotopic (exact) mass is 477 g/mol. The Morgan fingerprint density at radius 1 is 0.833 bits per heavy atom. The van der Waals surface area contributed by atoms with Crippen molar-refractivity contribution in [2.75, 3.05) is 12.3 Å². The molecular weight excluding hydrogens is 446 g/mol. The Labute approximate surface area is 213 Å². The number of pyridine rings is 1. The Kier molecular flexibility index (Phi) is 7.26. The number of anilines is 1. The molecule has 0 bridgehead atoms. The first-order chi connectivity index (χ1) is 17.3. The van der Waals surface area contributed by atoms with Crippen LogP contribution in [0.25, 0.3) is 22.3 Å². The third-order valence-corrected chi connectivity index (χ3v) is 6.33. The fourth-order valence-electron chi connectivity index (χ4n) is 4.53. The first-order valence-corrected chi connectivity index (χ1v) is 12.0. The van der Waals surface area contributed by atoms with Crippen molar-refractivity contribution >= 4 is 5.82 Å². The summed E-state index contributed by atoms with van der Waals surface area (Å²) in [5, 5.41) is 9.96. The highest BCUT2D eigenvalue weighted by Crippen LogP contribution is 2.40.